The molecule has 0 amide bonds. The lowest BCUT2D eigenvalue weighted by atomic mass is 10.1. The van der Waals surface area contributed by atoms with E-state index >= 15 is 0 Å². The fourth-order valence-corrected chi connectivity index (χ4v) is 2.21. The molecule has 0 aliphatic carbocycles. The summed E-state index contributed by atoms with van der Waals surface area (Å²) in [4.78, 5) is 0. The smallest absolute Gasteiger partial charge is 0.143 e. The number of alkyl halides is 1. The highest BCUT2D eigenvalue weighted by atomic mass is 79.9. The van der Waals surface area contributed by atoms with E-state index in [0.29, 0.717) is 0 Å². The molecule has 1 aromatic heterocycles. The van der Waals surface area contributed by atoms with Crippen LogP contribution >= 0.6 is 31.9 Å². The van der Waals surface area contributed by atoms with Gasteiger partial charge in [-0.1, -0.05) is 44.0 Å². The maximum atomic E-state index is 4.18. The molecule has 0 fully saturated rings. The number of hydrogen-bond acceptors (Lipinski definition) is 2. The quantitative estimate of drug-likeness (QED) is 0.801. The molecule has 5 heteroatoms. The molecule has 1 aromatic carbocycles. The van der Waals surface area contributed by atoms with E-state index in [9.17, 15) is 0 Å². The van der Waals surface area contributed by atoms with E-state index in [1.165, 1.54) is 5.56 Å². The van der Waals surface area contributed by atoms with E-state index in [1.807, 2.05) is 23.7 Å². The molecule has 0 radical (unpaired) electrons. The second-order valence-corrected chi connectivity index (χ2v) is 5.00. The first kappa shape index (κ1) is 11.8. The first-order valence-electron chi connectivity index (χ1n) is 4.88. The van der Waals surface area contributed by atoms with Gasteiger partial charge in [0.1, 0.15) is 11.6 Å². The first-order chi connectivity index (χ1) is 7.70. The normalized spacial score (nSPS) is 10.7. The van der Waals surface area contributed by atoms with Crippen molar-refractivity contribution in [2.75, 3.05) is 0 Å². The van der Waals surface area contributed by atoms with Crippen molar-refractivity contribution < 1.29 is 0 Å². The van der Waals surface area contributed by atoms with Crippen LogP contribution in [0.5, 0.6) is 0 Å². The summed E-state index contributed by atoms with van der Waals surface area (Å²) in [5, 5.41) is 9.01. The Kier molecular flexibility index (Phi) is 3.76. The van der Waals surface area contributed by atoms with E-state index in [4.69, 9.17) is 0 Å². The Labute approximate surface area is 111 Å². The van der Waals surface area contributed by atoms with Gasteiger partial charge in [-0.15, -0.1) is 10.2 Å². The van der Waals surface area contributed by atoms with Crippen molar-refractivity contribution in [1.29, 1.82) is 0 Å². The molecule has 3 nitrogen and oxygen atoms in total. The van der Waals surface area contributed by atoms with E-state index in [2.05, 4.69) is 54.2 Å². The fourth-order valence-electron chi connectivity index (χ4n) is 1.45. The second-order valence-electron chi connectivity index (χ2n) is 3.53. The topological polar surface area (TPSA) is 30.7 Å². The highest BCUT2D eigenvalue weighted by Crippen LogP contribution is 2.14. The van der Waals surface area contributed by atoms with Crippen LogP contribution in [0.4, 0.5) is 0 Å². The monoisotopic (exact) mass is 343 g/mol. The summed E-state index contributed by atoms with van der Waals surface area (Å²) in [6, 6.07) is 8.26. The van der Waals surface area contributed by atoms with Crippen LogP contribution in [0.25, 0.3) is 0 Å². The number of hydrogen-bond donors (Lipinski definition) is 0. The largest absolute Gasteiger partial charge is 0.317 e. The van der Waals surface area contributed by atoms with Crippen LogP contribution in [0.3, 0.4) is 0 Å². The highest BCUT2D eigenvalue weighted by molar-refractivity contribution is 9.10. The summed E-state index contributed by atoms with van der Waals surface area (Å²) in [6.45, 7) is 0. The van der Waals surface area contributed by atoms with Gasteiger partial charge in [0.15, 0.2) is 0 Å². The minimum Gasteiger partial charge on any atom is -0.317 e. The molecular weight excluding hydrogens is 334 g/mol. The van der Waals surface area contributed by atoms with Gasteiger partial charge >= 0.3 is 0 Å². The van der Waals surface area contributed by atoms with Crippen LogP contribution in [0.2, 0.25) is 0 Å². The van der Waals surface area contributed by atoms with Gasteiger partial charge in [-0.25, -0.2) is 0 Å². The van der Waals surface area contributed by atoms with Gasteiger partial charge < -0.3 is 4.57 Å². The molecule has 0 N–H and O–H groups in total. The highest BCUT2D eigenvalue weighted by Gasteiger charge is 2.07. The van der Waals surface area contributed by atoms with E-state index in [1.54, 1.807) is 0 Å². The first-order valence-corrected chi connectivity index (χ1v) is 6.79. The van der Waals surface area contributed by atoms with Gasteiger partial charge in [-0.05, 0) is 17.7 Å². The zero-order valence-corrected chi connectivity index (χ0v) is 12.0. The van der Waals surface area contributed by atoms with Crippen LogP contribution in [0, 0.1) is 0 Å². The van der Waals surface area contributed by atoms with Crippen molar-refractivity contribution in [3.8, 4) is 0 Å². The molecule has 16 heavy (non-hydrogen) atoms. The maximum Gasteiger partial charge on any atom is 0.143 e. The molecule has 84 valence electrons. The number of rotatable bonds is 3. The average molecular weight is 345 g/mol. The number of aromatic nitrogens is 3. The zero-order valence-electron chi connectivity index (χ0n) is 8.82. The van der Waals surface area contributed by atoms with Crippen LogP contribution < -0.4 is 0 Å². The third-order valence-corrected chi connectivity index (χ3v) is 3.48. The van der Waals surface area contributed by atoms with Gasteiger partial charge in [0.2, 0.25) is 0 Å². The third-order valence-electron chi connectivity index (χ3n) is 2.45. The Balaban J connectivity index is 2.20. The lowest BCUT2D eigenvalue weighted by Gasteiger charge is -2.02. The molecule has 0 aliphatic rings. The fraction of sp³-hybridized carbons (Fsp3) is 0.273. The van der Waals surface area contributed by atoms with Crippen molar-refractivity contribution in [2.24, 2.45) is 7.05 Å². The molecule has 0 aliphatic heterocycles. The van der Waals surface area contributed by atoms with Gasteiger partial charge in [-0.2, -0.15) is 0 Å². The summed E-state index contributed by atoms with van der Waals surface area (Å²) in [5.41, 5.74) is 1.24. The minimum atomic E-state index is 0.733. The lowest BCUT2D eigenvalue weighted by molar-refractivity contribution is 0.793. The molecule has 2 aromatic rings. The third kappa shape index (κ3) is 2.52. The van der Waals surface area contributed by atoms with Crippen molar-refractivity contribution in [3.63, 3.8) is 0 Å². The molecule has 0 saturated carbocycles. The summed E-state index contributed by atoms with van der Waals surface area (Å²) in [6.07, 6.45) is 0.809. The molecular formula is C11H11Br2N3. The van der Waals surface area contributed by atoms with Gasteiger partial charge in [-0.3, -0.25) is 0 Å². The maximum absolute atomic E-state index is 4.18. The standard InChI is InChI=1S/C11H11Br2N3/c1-16-10(14-15-11(16)7-12)6-8-2-4-9(13)5-3-8/h2-5H,6-7H2,1H3. The Bertz CT molecular complexity index is 476. The van der Waals surface area contributed by atoms with Crippen molar-refractivity contribution in [2.45, 2.75) is 11.8 Å². The van der Waals surface area contributed by atoms with Crippen molar-refractivity contribution in [3.05, 3.63) is 46.0 Å². The van der Waals surface area contributed by atoms with Crippen LogP contribution in [0.1, 0.15) is 17.2 Å². The molecule has 0 bridgehead atoms. The molecule has 1 heterocycles. The van der Waals surface area contributed by atoms with Crippen molar-refractivity contribution in [1.82, 2.24) is 14.8 Å². The van der Waals surface area contributed by atoms with E-state index < -0.39 is 0 Å². The van der Waals surface area contributed by atoms with Gasteiger partial charge in [0, 0.05) is 17.9 Å². The summed E-state index contributed by atoms with van der Waals surface area (Å²) in [7, 11) is 1.99. The average Bonchev–Trinajstić information content (AvgIpc) is 2.63. The van der Waals surface area contributed by atoms with Crippen LogP contribution in [-0.2, 0) is 18.8 Å². The Morgan fingerprint density at radius 3 is 2.31 bits per heavy atom. The molecule has 0 saturated heterocycles. The van der Waals surface area contributed by atoms with Gasteiger partial charge in [0.25, 0.3) is 0 Å². The van der Waals surface area contributed by atoms with E-state index in [0.717, 1.165) is 27.9 Å². The Morgan fingerprint density at radius 1 is 1.12 bits per heavy atom. The summed E-state index contributed by atoms with van der Waals surface area (Å²) in [5.74, 6) is 1.93. The number of benzene rings is 1. The summed E-state index contributed by atoms with van der Waals surface area (Å²) >= 11 is 6.81. The SMILES string of the molecule is Cn1c(CBr)nnc1Cc1ccc(Br)cc1. The molecule has 2 rings (SSSR count). The molecule has 0 spiro atoms. The lowest BCUT2D eigenvalue weighted by Crippen LogP contribution is -2.01. The minimum absolute atomic E-state index is 0.733. The number of nitrogens with zero attached hydrogens (tertiary/aromatic N) is 3. The van der Waals surface area contributed by atoms with E-state index in [-0.39, 0.29) is 0 Å². The van der Waals surface area contributed by atoms with Crippen LogP contribution in [0.15, 0.2) is 28.7 Å². The predicted molar refractivity (Wildman–Crippen MR) is 70.6 cm³/mol. The second kappa shape index (κ2) is 5.10. The Hall–Kier alpha value is -0.680. The molecule has 0 unspecified atom stereocenters. The van der Waals surface area contributed by atoms with Crippen molar-refractivity contribution >= 4 is 31.9 Å². The summed E-state index contributed by atoms with van der Waals surface area (Å²) < 4.78 is 3.12. The number of halogens is 2. The zero-order chi connectivity index (χ0) is 11.5. The van der Waals surface area contributed by atoms with Crippen LogP contribution in [-0.4, -0.2) is 14.8 Å². The Morgan fingerprint density at radius 2 is 1.75 bits per heavy atom. The molecule has 0 atom stereocenters. The van der Waals surface area contributed by atoms with Gasteiger partial charge in [0.05, 0.1) is 5.33 Å². The predicted octanol–water partition coefficient (Wildman–Crippen LogP) is 3.06.